The molecule has 0 radical (unpaired) electrons. The SMILES string of the molecule is COC(=O)C(C)(C)C[C@H]1O[C@H](c2ccc(Br)cc2C)[C@@H](OC(=O)C(C)(C)C)[C@H](OC(=O)C(C)(C)C)[C@@H]1OC(=O)C(C)(C)C. The summed E-state index contributed by atoms with van der Waals surface area (Å²) >= 11 is 3.49. The molecule has 0 bridgehead atoms. The van der Waals surface area contributed by atoms with Crippen molar-refractivity contribution in [3.05, 3.63) is 33.8 Å². The first kappa shape index (κ1) is 36.7. The topological polar surface area (TPSA) is 114 Å². The molecule has 0 unspecified atom stereocenters. The van der Waals surface area contributed by atoms with E-state index < -0.39 is 76.1 Å². The van der Waals surface area contributed by atoms with Crippen LogP contribution in [0.15, 0.2) is 22.7 Å². The van der Waals surface area contributed by atoms with Crippen LogP contribution >= 0.6 is 15.9 Å². The van der Waals surface area contributed by atoms with Crippen molar-refractivity contribution < 1.29 is 42.9 Å². The minimum Gasteiger partial charge on any atom is -0.469 e. The van der Waals surface area contributed by atoms with E-state index in [2.05, 4.69) is 15.9 Å². The van der Waals surface area contributed by atoms with E-state index in [1.165, 1.54) is 7.11 Å². The smallest absolute Gasteiger partial charge is 0.311 e. The highest BCUT2D eigenvalue weighted by molar-refractivity contribution is 9.10. The molecule has 1 aliphatic heterocycles. The molecular weight excluding hydrogens is 620 g/mol. The molecule has 43 heavy (non-hydrogen) atoms. The zero-order chi connectivity index (χ0) is 33.3. The number of carbonyl (C=O) groups is 4. The Morgan fingerprint density at radius 2 is 1.16 bits per heavy atom. The van der Waals surface area contributed by atoms with Crippen LogP contribution in [0.1, 0.15) is 99.8 Å². The Bertz CT molecular complexity index is 1200. The molecule has 0 amide bonds. The third-order valence-corrected chi connectivity index (χ3v) is 7.68. The average Bonchev–Trinajstić information content (AvgIpc) is 2.84. The Balaban J connectivity index is 2.87. The first-order valence-electron chi connectivity index (χ1n) is 14.5. The minimum absolute atomic E-state index is 0.0529. The van der Waals surface area contributed by atoms with Crippen LogP contribution in [0.25, 0.3) is 0 Å². The van der Waals surface area contributed by atoms with Crippen LogP contribution in [0.4, 0.5) is 0 Å². The van der Waals surface area contributed by atoms with Crippen LogP contribution in [0.3, 0.4) is 0 Å². The number of hydrogen-bond donors (Lipinski definition) is 0. The molecule has 0 aromatic heterocycles. The van der Waals surface area contributed by atoms with E-state index in [9.17, 15) is 19.2 Å². The largest absolute Gasteiger partial charge is 0.469 e. The highest BCUT2D eigenvalue weighted by Gasteiger charge is 2.56. The van der Waals surface area contributed by atoms with E-state index >= 15 is 0 Å². The molecule has 2 rings (SSSR count). The number of halogens is 1. The Morgan fingerprint density at radius 3 is 1.58 bits per heavy atom. The van der Waals surface area contributed by atoms with Crippen LogP contribution in [0.2, 0.25) is 0 Å². The second kappa shape index (κ2) is 13.3. The summed E-state index contributed by atoms with van der Waals surface area (Å²) in [5.74, 6) is -2.19. The molecular formula is C33H49BrO9. The molecule has 10 heteroatoms. The number of aryl methyl sites for hydroxylation is 1. The molecule has 1 fully saturated rings. The van der Waals surface area contributed by atoms with Gasteiger partial charge in [0.05, 0.1) is 28.8 Å². The summed E-state index contributed by atoms with van der Waals surface area (Å²) in [6.45, 7) is 20.7. The first-order valence-corrected chi connectivity index (χ1v) is 15.3. The van der Waals surface area contributed by atoms with Gasteiger partial charge in [-0.05, 0) is 113 Å². The second-order valence-corrected chi connectivity index (χ2v) is 16.0. The van der Waals surface area contributed by atoms with Gasteiger partial charge in [-0.25, -0.2) is 0 Å². The number of rotatable bonds is 7. The van der Waals surface area contributed by atoms with Gasteiger partial charge in [-0.2, -0.15) is 0 Å². The minimum atomic E-state index is -1.26. The number of benzene rings is 1. The summed E-state index contributed by atoms with van der Waals surface area (Å²) < 4.78 is 31.0. The lowest BCUT2D eigenvalue weighted by atomic mass is 9.80. The fourth-order valence-corrected chi connectivity index (χ4v) is 4.93. The van der Waals surface area contributed by atoms with Gasteiger partial charge in [0.1, 0.15) is 12.2 Å². The van der Waals surface area contributed by atoms with Gasteiger partial charge in [-0.15, -0.1) is 0 Å². The van der Waals surface area contributed by atoms with Crippen molar-refractivity contribution >= 4 is 39.8 Å². The van der Waals surface area contributed by atoms with Crippen molar-refractivity contribution in [2.24, 2.45) is 21.7 Å². The maximum atomic E-state index is 13.5. The summed E-state index contributed by atoms with van der Waals surface area (Å²) in [5, 5.41) is 0. The predicted molar refractivity (Wildman–Crippen MR) is 165 cm³/mol. The number of ether oxygens (including phenoxy) is 5. The molecule has 0 spiro atoms. The molecule has 1 aromatic rings. The van der Waals surface area contributed by atoms with Gasteiger partial charge in [-0.1, -0.05) is 22.0 Å². The average molecular weight is 670 g/mol. The second-order valence-electron chi connectivity index (χ2n) is 15.0. The van der Waals surface area contributed by atoms with Crippen molar-refractivity contribution in [1.82, 2.24) is 0 Å². The third-order valence-electron chi connectivity index (χ3n) is 7.19. The molecule has 9 nitrogen and oxygen atoms in total. The van der Waals surface area contributed by atoms with Crippen molar-refractivity contribution in [1.29, 1.82) is 0 Å². The first-order chi connectivity index (χ1) is 19.4. The predicted octanol–water partition coefficient (Wildman–Crippen LogP) is 6.66. The van der Waals surface area contributed by atoms with Crippen molar-refractivity contribution in [2.75, 3.05) is 7.11 Å². The molecule has 5 atom stereocenters. The van der Waals surface area contributed by atoms with E-state index in [0.29, 0.717) is 5.56 Å². The number of esters is 4. The Labute approximate surface area is 264 Å². The van der Waals surface area contributed by atoms with Crippen LogP contribution < -0.4 is 0 Å². The molecule has 0 saturated carbocycles. The maximum Gasteiger partial charge on any atom is 0.311 e. The van der Waals surface area contributed by atoms with Crippen molar-refractivity contribution in [2.45, 2.75) is 120 Å². The van der Waals surface area contributed by atoms with E-state index in [0.717, 1.165) is 10.0 Å². The summed E-state index contributed by atoms with van der Waals surface area (Å²) in [6.07, 6.45) is -5.49. The standard InChI is InChI=1S/C33H49BrO9/c1-18-16-19(34)14-15-20(18)22-24(42-27(36)31(5,6)7)25(43-28(37)32(8,9)10)23(41-26(35)30(2,3)4)21(40-22)17-33(11,12)29(38)39-13/h14-16,21-25H,17H2,1-13H3/t21-,22-,23-,24-,25-/m1/s1. The zero-order valence-corrected chi connectivity index (χ0v) is 29.5. The van der Waals surface area contributed by atoms with Gasteiger partial charge < -0.3 is 23.7 Å². The van der Waals surface area contributed by atoms with Gasteiger partial charge in [0.15, 0.2) is 18.3 Å². The normalized spacial score (nSPS) is 23.3. The molecule has 242 valence electrons. The Hall–Kier alpha value is -2.46. The monoisotopic (exact) mass is 668 g/mol. The maximum absolute atomic E-state index is 13.5. The summed E-state index contributed by atoms with van der Waals surface area (Å²) in [4.78, 5) is 53.0. The van der Waals surface area contributed by atoms with E-state index in [-0.39, 0.29) is 6.42 Å². The molecule has 1 aliphatic rings. The molecule has 1 aromatic carbocycles. The highest BCUT2D eigenvalue weighted by atomic mass is 79.9. The van der Waals surface area contributed by atoms with Crippen LogP contribution in [0.5, 0.6) is 0 Å². The fourth-order valence-electron chi connectivity index (χ4n) is 4.46. The Kier molecular flexibility index (Phi) is 11.3. The van der Waals surface area contributed by atoms with Gasteiger partial charge in [0.2, 0.25) is 0 Å². The zero-order valence-electron chi connectivity index (χ0n) is 27.9. The molecule has 0 N–H and O–H groups in total. The fraction of sp³-hybridized carbons (Fsp3) is 0.697. The van der Waals surface area contributed by atoms with E-state index in [1.807, 2.05) is 25.1 Å². The van der Waals surface area contributed by atoms with Crippen molar-refractivity contribution in [3.63, 3.8) is 0 Å². The lowest BCUT2D eigenvalue weighted by molar-refractivity contribution is -0.260. The van der Waals surface area contributed by atoms with Gasteiger partial charge in [0.25, 0.3) is 0 Å². The lowest BCUT2D eigenvalue weighted by Gasteiger charge is -2.48. The van der Waals surface area contributed by atoms with Gasteiger partial charge in [0, 0.05) is 4.47 Å². The van der Waals surface area contributed by atoms with Crippen LogP contribution in [-0.4, -0.2) is 55.4 Å². The molecule has 0 aliphatic carbocycles. The van der Waals surface area contributed by atoms with E-state index in [4.69, 9.17) is 23.7 Å². The number of hydrogen-bond acceptors (Lipinski definition) is 9. The van der Waals surface area contributed by atoms with Gasteiger partial charge in [-0.3, -0.25) is 19.2 Å². The summed E-state index contributed by atoms with van der Waals surface area (Å²) in [6, 6.07) is 5.58. The highest BCUT2D eigenvalue weighted by Crippen LogP contribution is 2.44. The lowest BCUT2D eigenvalue weighted by Crippen LogP contribution is -2.61. The summed E-state index contributed by atoms with van der Waals surface area (Å²) in [7, 11) is 1.30. The number of carbonyl (C=O) groups excluding carboxylic acids is 4. The van der Waals surface area contributed by atoms with E-state index in [1.54, 1.807) is 76.2 Å². The number of methoxy groups -OCH3 is 1. The van der Waals surface area contributed by atoms with Crippen molar-refractivity contribution in [3.8, 4) is 0 Å². The summed E-state index contributed by atoms with van der Waals surface area (Å²) in [5.41, 5.74) is -2.31. The quantitative estimate of drug-likeness (QED) is 0.232. The van der Waals surface area contributed by atoms with Gasteiger partial charge >= 0.3 is 23.9 Å². The van der Waals surface area contributed by atoms with Crippen LogP contribution in [0, 0.1) is 28.6 Å². The molecule has 1 saturated heterocycles. The molecule has 1 heterocycles. The third kappa shape index (κ3) is 9.27. The van der Waals surface area contributed by atoms with Crippen LogP contribution in [-0.2, 0) is 42.9 Å². The Morgan fingerprint density at radius 1 is 0.721 bits per heavy atom.